The van der Waals surface area contributed by atoms with E-state index in [1.54, 1.807) is 31.4 Å². The predicted molar refractivity (Wildman–Crippen MR) is 134 cm³/mol. The predicted octanol–water partition coefficient (Wildman–Crippen LogP) is 4.54. The number of nitrogens with zero attached hydrogens (tertiary/aromatic N) is 1. The summed E-state index contributed by atoms with van der Waals surface area (Å²) >= 11 is 1.43. The minimum atomic E-state index is -0.437. The number of halogens is 1. The largest absolute Gasteiger partial charge is 0.497 e. The van der Waals surface area contributed by atoms with Crippen LogP contribution in [0.2, 0.25) is 0 Å². The molecule has 0 bridgehead atoms. The standard InChI is InChI=1S/C25H26N2O5S.ClH/c1-30-18-9-6-10-19(13-18)32-16-22(28)26-24-23(25(29)31-2)20-11-12-27(15-21(20)33-24)14-17-7-4-3-5-8-17;/h3-10,13H,11-12,14-16H2,1-2H3,(H,26,28);1H. The molecule has 0 fully saturated rings. The molecule has 9 heteroatoms. The Morgan fingerprint density at radius 2 is 1.82 bits per heavy atom. The molecule has 1 aromatic heterocycles. The highest BCUT2D eigenvalue weighted by atomic mass is 35.5. The SMILES string of the molecule is COC(=O)c1c(NC(=O)COc2cccc(OC)c2)sc2c1CCN(Cc1ccccc1)C2.Cl. The molecule has 0 unspecified atom stereocenters. The molecule has 3 aromatic rings. The van der Waals surface area contributed by atoms with E-state index in [0.29, 0.717) is 22.1 Å². The van der Waals surface area contributed by atoms with Crippen molar-refractivity contribution >= 4 is 40.6 Å². The van der Waals surface area contributed by atoms with Crippen LogP contribution < -0.4 is 14.8 Å². The Balaban J connectivity index is 0.00000324. The van der Waals surface area contributed by atoms with Crippen molar-refractivity contribution in [3.05, 3.63) is 76.2 Å². The molecule has 180 valence electrons. The number of carbonyl (C=O) groups is 2. The second-order valence-corrected chi connectivity index (χ2v) is 8.77. The normalized spacial score (nSPS) is 12.8. The van der Waals surface area contributed by atoms with Crippen LogP contribution in [0.25, 0.3) is 0 Å². The number of benzene rings is 2. The highest BCUT2D eigenvalue weighted by molar-refractivity contribution is 7.17. The number of ether oxygens (including phenoxy) is 3. The van der Waals surface area contributed by atoms with Crippen LogP contribution in [0.4, 0.5) is 5.00 Å². The average molecular weight is 503 g/mol. The molecule has 1 aliphatic heterocycles. The molecule has 34 heavy (non-hydrogen) atoms. The van der Waals surface area contributed by atoms with Gasteiger partial charge in [0.2, 0.25) is 0 Å². The maximum absolute atomic E-state index is 12.6. The van der Waals surface area contributed by atoms with Crippen molar-refractivity contribution in [2.75, 3.05) is 32.7 Å². The molecule has 0 saturated carbocycles. The average Bonchev–Trinajstić information content (AvgIpc) is 3.20. The molecule has 1 amide bonds. The highest BCUT2D eigenvalue weighted by Gasteiger charge is 2.29. The highest BCUT2D eigenvalue weighted by Crippen LogP contribution is 2.38. The first-order valence-electron chi connectivity index (χ1n) is 10.6. The maximum Gasteiger partial charge on any atom is 0.341 e. The lowest BCUT2D eigenvalue weighted by Gasteiger charge is -2.27. The Morgan fingerprint density at radius 1 is 1.06 bits per heavy atom. The Hall–Kier alpha value is -3.07. The summed E-state index contributed by atoms with van der Waals surface area (Å²) in [6.07, 6.45) is 0.722. The Morgan fingerprint density at radius 3 is 2.56 bits per heavy atom. The summed E-state index contributed by atoms with van der Waals surface area (Å²) in [7, 11) is 2.92. The van der Waals surface area contributed by atoms with Crippen molar-refractivity contribution in [2.45, 2.75) is 19.5 Å². The van der Waals surface area contributed by atoms with E-state index in [-0.39, 0.29) is 24.9 Å². The van der Waals surface area contributed by atoms with E-state index in [9.17, 15) is 9.59 Å². The van der Waals surface area contributed by atoms with Crippen LogP contribution in [-0.4, -0.2) is 44.1 Å². The fourth-order valence-corrected chi connectivity index (χ4v) is 5.14. The third-order valence-electron chi connectivity index (χ3n) is 5.44. The first kappa shape index (κ1) is 25.6. The van der Waals surface area contributed by atoms with Gasteiger partial charge in [0.05, 0.1) is 19.8 Å². The van der Waals surface area contributed by atoms with Gasteiger partial charge in [0.25, 0.3) is 5.91 Å². The smallest absolute Gasteiger partial charge is 0.341 e. The molecule has 7 nitrogen and oxygen atoms in total. The lowest BCUT2D eigenvalue weighted by molar-refractivity contribution is -0.118. The van der Waals surface area contributed by atoms with Crippen LogP contribution in [0, 0.1) is 0 Å². The van der Waals surface area contributed by atoms with Crippen LogP contribution in [-0.2, 0) is 29.0 Å². The van der Waals surface area contributed by atoms with E-state index in [0.717, 1.165) is 36.5 Å². The number of carbonyl (C=O) groups excluding carboxylic acids is 2. The summed E-state index contributed by atoms with van der Waals surface area (Å²) in [5, 5.41) is 3.36. The summed E-state index contributed by atoms with van der Waals surface area (Å²) in [5.41, 5.74) is 2.65. The van der Waals surface area contributed by atoms with E-state index >= 15 is 0 Å². The van der Waals surface area contributed by atoms with Gasteiger partial charge in [-0.05, 0) is 29.7 Å². The fourth-order valence-electron chi connectivity index (χ4n) is 3.84. The van der Waals surface area contributed by atoms with Gasteiger partial charge >= 0.3 is 5.97 Å². The van der Waals surface area contributed by atoms with Gasteiger partial charge in [-0.2, -0.15) is 0 Å². The molecule has 0 saturated heterocycles. The Kier molecular flexibility index (Phi) is 8.92. The molecule has 0 radical (unpaired) electrons. The summed E-state index contributed by atoms with van der Waals surface area (Å²) in [6, 6.07) is 17.3. The molecule has 0 aliphatic carbocycles. The van der Waals surface area contributed by atoms with E-state index in [1.807, 2.05) is 18.2 Å². The van der Waals surface area contributed by atoms with Crippen LogP contribution in [0.3, 0.4) is 0 Å². The summed E-state index contributed by atoms with van der Waals surface area (Å²) in [6.45, 7) is 2.20. The fraction of sp³-hybridized carbons (Fsp3) is 0.280. The van der Waals surface area contributed by atoms with Crippen molar-refractivity contribution in [1.82, 2.24) is 4.90 Å². The van der Waals surface area contributed by atoms with Crippen molar-refractivity contribution in [3.63, 3.8) is 0 Å². The van der Waals surface area contributed by atoms with Crippen LogP contribution in [0.1, 0.15) is 26.4 Å². The molecule has 0 atom stereocenters. The van der Waals surface area contributed by atoms with Crippen molar-refractivity contribution < 1.29 is 23.8 Å². The molecule has 4 rings (SSSR count). The number of fused-ring (bicyclic) bond motifs is 1. The topological polar surface area (TPSA) is 77.1 Å². The zero-order valence-electron chi connectivity index (χ0n) is 19.0. The summed E-state index contributed by atoms with van der Waals surface area (Å²) < 4.78 is 15.8. The van der Waals surface area contributed by atoms with Crippen molar-refractivity contribution in [3.8, 4) is 11.5 Å². The quantitative estimate of drug-likeness (QED) is 0.456. The zero-order valence-corrected chi connectivity index (χ0v) is 20.7. The van der Waals surface area contributed by atoms with Gasteiger partial charge in [-0.15, -0.1) is 23.7 Å². The third-order valence-corrected chi connectivity index (χ3v) is 6.57. The molecule has 2 heterocycles. The van der Waals surface area contributed by atoms with Gasteiger partial charge in [-0.25, -0.2) is 4.79 Å². The molecule has 0 spiro atoms. The number of rotatable bonds is 8. The number of esters is 1. The maximum atomic E-state index is 12.6. The Labute approximate surface area is 209 Å². The van der Waals surface area contributed by atoms with Gasteiger partial charge in [0.1, 0.15) is 16.5 Å². The second-order valence-electron chi connectivity index (χ2n) is 7.66. The number of amides is 1. The van der Waals surface area contributed by atoms with E-state index in [1.165, 1.54) is 24.0 Å². The molecule has 1 aliphatic rings. The lowest BCUT2D eigenvalue weighted by Crippen LogP contribution is -2.29. The van der Waals surface area contributed by atoms with Gasteiger partial charge in [-0.3, -0.25) is 9.69 Å². The van der Waals surface area contributed by atoms with Gasteiger partial charge < -0.3 is 19.5 Å². The first-order chi connectivity index (χ1) is 16.1. The second kappa shape index (κ2) is 11.9. The summed E-state index contributed by atoms with van der Waals surface area (Å²) in [4.78, 5) is 28.6. The number of thiophene rings is 1. The van der Waals surface area contributed by atoms with Crippen LogP contribution >= 0.6 is 23.7 Å². The summed E-state index contributed by atoms with van der Waals surface area (Å²) in [5.74, 6) is 0.391. The van der Waals surface area contributed by atoms with E-state index < -0.39 is 5.97 Å². The van der Waals surface area contributed by atoms with E-state index in [4.69, 9.17) is 14.2 Å². The molecular formula is C25H27ClN2O5S. The molecular weight excluding hydrogens is 476 g/mol. The number of hydrogen-bond donors (Lipinski definition) is 1. The van der Waals surface area contributed by atoms with Crippen LogP contribution in [0.15, 0.2) is 54.6 Å². The van der Waals surface area contributed by atoms with Crippen molar-refractivity contribution in [1.29, 1.82) is 0 Å². The monoisotopic (exact) mass is 502 g/mol. The van der Waals surface area contributed by atoms with Crippen LogP contribution in [0.5, 0.6) is 11.5 Å². The van der Waals surface area contributed by atoms with Gasteiger partial charge in [0, 0.05) is 30.6 Å². The minimum absolute atomic E-state index is 0. The molecule has 1 N–H and O–H groups in total. The number of hydrogen-bond acceptors (Lipinski definition) is 7. The number of methoxy groups -OCH3 is 2. The first-order valence-corrected chi connectivity index (χ1v) is 11.4. The minimum Gasteiger partial charge on any atom is -0.497 e. The lowest BCUT2D eigenvalue weighted by atomic mass is 10.0. The number of nitrogens with one attached hydrogen (secondary N) is 1. The number of anilines is 1. The van der Waals surface area contributed by atoms with Gasteiger partial charge in [-0.1, -0.05) is 36.4 Å². The Bertz CT molecular complexity index is 1140. The van der Waals surface area contributed by atoms with Gasteiger partial charge in [0.15, 0.2) is 6.61 Å². The third kappa shape index (κ3) is 6.08. The van der Waals surface area contributed by atoms with E-state index in [2.05, 4.69) is 22.3 Å². The molecule has 2 aromatic carbocycles. The van der Waals surface area contributed by atoms with Crippen molar-refractivity contribution in [2.24, 2.45) is 0 Å². The zero-order chi connectivity index (χ0) is 23.2.